The van der Waals surface area contributed by atoms with Crippen molar-refractivity contribution in [3.8, 4) is 0 Å². The summed E-state index contributed by atoms with van der Waals surface area (Å²) in [5.41, 5.74) is 0. The first-order chi connectivity index (χ1) is 6.93. The second-order valence-electron chi connectivity index (χ2n) is 0.894. The first-order valence-electron chi connectivity index (χ1n) is 2.19. The molecule has 0 aliphatic rings. The zero-order chi connectivity index (χ0) is 14.3. The first kappa shape index (κ1) is 43.2. The van der Waals surface area contributed by atoms with Crippen LogP contribution >= 0.6 is 34.4 Å². The predicted molar refractivity (Wildman–Crippen MR) is 27.7 cm³/mol. The van der Waals surface area contributed by atoms with Crippen LogP contribution in [0.2, 0.25) is 0 Å². The molecule has 0 saturated heterocycles. The Bertz CT molecular complexity index is 68.0. The Hall–Kier alpha value is 3.23. The van der Waals surface area contributed by atoms with Crippen molar-refractivity contribution >= 4 is 34.4 Å². The Morgan fingerprint density at radius 2 is 0.263 bits per heavy atom. The molecule has 0 unspecified atom stereocenters. The van der Waals surface area contributed by atoms with Crippen LogP contribution in [0.3, 0.4) is 0 Å². The molecule has 19 heteroatoms. The van der Waals surface area contributed by atoms with E-state index in [1.165, 1.54) is 0 Å². The molecule has 3 radical (unpaired) electrons. The van der Waals surface area contributed by atoms with Gasteiger partial charge in [0.1, 0.15) is 0 Å². The van der Waals surface area contributed by atoms with Gasteiger partial charge in [0.15, 0.2) is 0 Å². The van der Waals surface area contributed by atoms with Crippen molar-refractivity contribution in [2.75, 3.05) is 0 Å². The van der Waals surface area contributed by atoms with Crippen LogP contribution in [0, 0.1) is 0 Å². The van der Waals surface area contributed by atoms with E-state index in [0.717, 1.165) is 0 Å². The van der Waals surface area contributed by atoms with Crippen molar-refractivity contribution in [3.05, 3.63) is 0 Å². The molecule has 0 saturated carbocycles. The first-order valence-corrected chi connectivity index (χ1v) is 6.57. The third kappa shape index (κ3) is 754. The molecular weight excluding hydrogens is 875 g/mol. The SMILES string of the molecule is [O-]P([O-])[O-].[O-]P([O-])[O-].[O-]P([O-])[O-].[O-]P([O-])[O-].[Re+4].[Re+4].[Re+4]. The van der Waals surface area contributed by atoms with E-state index in [9.17, 15) is 0 Å². The molecule has 0 amide bonds. The number of hydrogen-bond acceptors (Lipinski definition) is 12. The van der Waals surface area contributed by atoms with Gasteiger partial charge in [0.2, 0.25) is 0 Å². The fourth-order valence-electron chi connectivity index (χ4n) is 0. The zero-order valence-electron chi connectivity index (χ0n) is 7.82. The summed E-state index contributed by atoms with van der Waals surface area (Å²) in [7, 11) is -13.5. The van der Waals surface area contributed by atoms with Crippen LogP contribution in [-0.2, 0) is 61.3 Å². The Morgan fingerprint density at radius 1 is 0.263 bits per heavy atom. The summed E-state index contributed by atoms with van der Waals surface area (Å²) in [5, 5.41) is 0. The molecule has 0 aromatic rings. The van der Waals surface area contributed by atoms with E-state index in [0.29, 0.717) is 0 Å². The summed E-state index contributed by atoms with van der Waals surface area (Å²) in [4.78, 5) is 102. The van der Waals surface area contributed by atoms with Gasteiger partial charge in [-0.1, -0.05) is 0 Å². The smallest absolute Gasteiger partial charge is 0.854 e. The molecule has 0 bridgehead atoms. The topological polar surface area (TPSA) is 277 Å². The van der Waals surface area contributed by atoms with E-state index in [1.807, 2.05) is 0 Å². The fraction of sp³-hybridized carbons (Fsp3) is 0. The number of rotatable bonds is 0. The molecule has 0 aromatic carbocycles. The normalized spacial score (nSPS) is 7.58. The second kappa shape index (κ2) is 37.5. The average molecular weight is 875 g/mol. The molecule has 19 heavy (non-hydrogen) atoms. The molecule has 0 aliphatic heterocycles. The van der Waals surface area contributed by atoms with Gasteiger partial charge in [-0.3, -0.25) is 0 Å². The molecule has 0 atom stereocenters. The molecule has 113 valence electrons. The summed E-state index contributed by atoms with van der Waals surface area (Å²) >= 11 is 0. The van der Waals surface area contributed by atoms with Gasteiger partial charge in [-0.2, -0.15) is 0 Å². The van der Waals surface area contributed by atoms with Crippen molar-refractivity contribution in [1.82, 2.24) is 0 Å². The molecule has 0 rings (SSSR count). The molecule has 0 aliphatic carbocycles. The molecule has 12 nitrogen and oxygen atoms in total. The Kier molecular flexibility index (Phi) is 85.2. The fourth-order valence-corrected chi connectivity index (χ4v) is 0. The van der Waals surface area contributed by atoms with Gasteiger partial charge in [0.05, 0.1) is 0 Å². The van der Waals surface area contributed by atoms with E-state index in [1.54, 1.807) is 0 Å². The maximum absolute atomic E-state index is 8.48. The van der Waals surface area contributed by atoms with E-state index >= 15 is 0 Å². The van der Waals surface area contributed by atoms with Gasteiger partial charge in [0, 0.05) is 0 Å². The van der Waals surface area contributed by atoms with E-state index < -0.39 is 34.4 Å². The van der Waals surface area contributed by atoms with Gasteiger partial charge in [-0.05, 0) is 0 Å². The predicted octanol–water partition coefficient (Wildman–Crippen LogP) is -10.8. The summed E-state index contributed by atoms with van der Waals surface area (Å²) in [6, 6.07) is 0. The average Bonchev–Trinajstić information content (AvgIpc) is 1.76. The summed E-state index contributed by atoms with van der Waals surface area (Å²) in [6.45, 7) is 0. The minimum atomic E-state index is -3.37. The molecular formula is O12P4Re3. The van der Waals surface area contributed by atoms with Crippen molar-refractivity contribution in [3.63, 3.8) is 0 Å². The maximum Gasteiger partial charge on any atom is 4.00 e. The van der Waals surface area contributed by atoms with Crippen molar-refractivity contribution in [2.24, 2.45) is 0 Å². The third-order valence-electron chi connectivity index (χ3n) is 0. The second-order valence-corrected chi connectivity index (χ2v) is 2.68. The summed E-state index contributed by atoms with van der Waals surface area (Å²) in [5.74, 6) is 0. The van der Waals surface area contributed by atoms with Gasteiger partial charge in [-0.15, -0.1) is 0 Å². The summed E-state index contributed by atoms with van der Waals surface area (Å²) < 4.78 is 0. The van der Waals surface area contributed by atoms with Crippen molar-refractivity contribution in [2.45, 2.75) is 0 Å². The molecule has 0 aromatic heterocycles. The van der Waals surface area contributed by atoms with E-state index in [2.05, 4.69) is 0 Å². The zero-order valence-corrected chi connectivity index (χ0v) is 19.5. The van der Waals surface area contributed by atoms with Crippen molar-refractivity contribution < 1.29 is 120 Å². The Balaban J connectivity index is -0.0000000192. The largest absolute Gasteiger partial charge is 4.00 e. The quantitative estimate of drug-likeness (QED) is 0.205. The van der Waals surface area contributed by atoms with Crippen LogP contribution < -0.4 is 58.7 Å². The van der Waals surface area contributed by atoms with Crippen LogP contribution in [0.1, 0.15) is 0 Å². The minimum Gasteiger partial charge on any atom is -0.854 e. The molecule has 0 fully saturated rings. The standard InChI is InChI=1S/4O3P.3Re/c4*1-4(2)3;;;/q4*-3;3*+4. The van der Waals surface area contributed by atoms with E-state index in [4.69, 9.17) is 58.7 Å². The van der Waals surface area contributed by atoms with Gasteiger partial charge < -0.3 is 93.1 Å². The Labute approximate surface area is 153 Å². The van der Waals surface area contributed by atoms with Crippen LogP contribution in [-0.4, -0.2) is 0 Å². The molecule has 0 heterocycles. The van der Waals surface area contributed by atoms with Gasteiger partial charge in [0.25, 0.3) is 0 Å². The monoisotopic (exact) mass is 877 g/mol. The van der Waals surface area contributed by atoms with E-state index in [-0.39, 0.29) is 61.3 Å². The van der Waals surface area contributed by atoms with Gasteiger partial charge >= 0.3 is 61.3 Å². The number of hydrogen-bond donors (Lipinski definition) is 0. The maximum atomic E-state index is 8.48. The minimum absolute atomic E-state index is 0. The van der Waals surface area contributed by atoms with Crippen LogP contribution in [0.15, 0.2) is 0 Å². The van der Waals surface area contributed by atoms with Crippen LogP contribution in [0.5, 0.6) is 0 Å². The van der Waals surface area contributed by atoms with Crippen molar-refractivity contribution in [1.29, 1.82) is 0 Å². The van der Waals surface area contributed by atoms with Crippen LogP contribution in [0.25, 0.3) is 0 Å². The van der Waals surface area contributed by atoms with Crippen LogP contribution in [0.4, 0.5) is 0 Å². The molecule has 0 N–H and O–H groups in total. The Morgan fingerprint density at radius 3 is 0.263 bits per heavy atom. The summed E-state index contributed by atoms with van der Waals surface area (Å²) in [6.07, 6.45) is 0. The molecule has 0 spiro atoms. The van der Waals surface area contributed by atoms with Gasteiger partial charge in [-0.25, -0.2) is 0 Å². The third-order valence-corrected chi connectivity index (χ3v) is 0.